The number of nitrogens with zero attached hydrogens (tertiary/aromatic N) is 2. The van der Waals surface area contributed by atoms with Crippen LogP contribution in [0.25, 0.3) is 22.0 Å². The molecule has 0 atom stereocenters. The van der Waals surface area contributed by atoms with Crippen molar-refractivity contribution < 1.29 is 4.74 Å². The highest BCUT2D eigenvalue weighted by Gasteiger charge is 2.04. The highest BCUT2D eigenvalue weighted by Crippen LogP contribution is 2.26. The van der Waals surface area contributed by atoms with E-state index in [1.54, 1.807) is 7.11 Å². The zero-order valence-corrected chi connectivity index (χ0v) is 11.1. The minimum atomic E-state index is 0.872. The average molecular weight is 252 g/mol. The monoisotopic (exact) mass is 252 g/mol. The minimum Gasteiger partial charge on any atom is -0.497 e. The summed E-state index contributed by atoms with van der Waals surface area (Å²) in [5.41, 5.74) is 3.34. The van der Waals surface area contributed by atoms with Gasteiger partial charge in [0.25, 0.3) is 0 Å². The molecule has 3 rings (SSSR count). The maximum atomic E-state index is 5.27. The Morgan fingerprint density at radius 3 is 2.74 bits per heavy atom. The molecule has 2 aromatic carbocycles. The third kappa shape index (κ3) is 2.19. The Bertz CT molecular complexity index is 716. The summed E-state index contributed by atoms with van der Waals surface area (Å²) in [6.45, 7) is 2.98. The fraction of sp³-hybridized carbons (Fsp3) is 0.188. The van der Waals surface area contributed by atoms with E-state index < -0.39 is 0 Å². The fourth-order valence-electron chi connectivity index (χ4n) is 2.21. The first-order chi connectivity index (χ1) is 9.30. The van der Waals surface area contributed by atoms with Gasteiger partial charge in [-0.3, -0.25) is 4.68 Å². The molecule has 0 saturated carbocycles. The Morgan fingerprint density at radius 2 is 1.95 bits per heavy atom. The Balaban J connectivity index is 2.08. The van der Waals surface area contributed by atoms with Gasteiger partial charge in [0, 0.05) is 18.1 Å². The van der Waals surface area contributed by atoms with Gasteiger partial charge in [0.2, 0.25) is 0 Å². The van der Waals surface area contributed by atoms with E-state index >= 15 is 0 Å². The molecule has 0 saturated heterocycles. The molecule has 0 aliphatic rings. The van der Waals surface area contributed by atoms with Gasteiger partial charge in [0.15, 0.2) is 0 Å². The first kappa shape index (κ1) is 11.8. The molecule has 0 radical (unpaired) electrons. The lowest BCUT2D eigenvalue weighted by Gasteiger charge is -2.04. The highest BCUT2D eigenvalue weighted by molar-refractivity contribution is 5.84. The van der Waals surface area contributed by atoms with Crippen LogP contribution in [0.1, 0.15) is 6.92 Å². The van der Waals surface area contributed by atoms with Crippen molar-refractivity contribution in [2.45, 2.75) is 13.5 Å². The Morgan fingerprint density at radius 1 is 1.11 bits per heavy atom. The van der Waals surface area contributed by atoms with E-state index in [2.05, 4.69) is 42.5 Å². The molecule has 0 aliphatic carbocycles. The summed E-state index contributed by atoms with van der Waals surface area (Å²) in [7, 11) is 1.69. The van der Waals surface area contributed by atoms with Crippen LogP contribution < -0.4 is 4.74 Å². The van der Waals surface area contributed by atoms with Crippen LogP contribution in [0.4, 0.5) is 0 Å². The van der Waals surface area contributed by atoms with Crippen molar-refractivity contribution >= 4 is 10.9 Å². The van der Waals surface area contributed by atoms with Crippen molar-refractivity contribution in [2.75, 3.05) is 7.11 Å². The molecular weight excluding hydrogens is 236 g/mol. The molecule has 0 amide bonds. The SMILES string of the molecule is CCn1cc2ccc(-c3cccc(OC)c3)cc2n1. The van der Waals surface area contributed by atoms with Gasteiger partial charge in [0.05, 0.1) is 12.6 Å². The van der Waals surface area contributed by atoms with Gasteiger partial charge in [-0.15, -0.1) is 0 Å². The quantitative estimate of drug-likeness (QED) is 0.710. The van der Waals surface area contributed by atoms with Gasteiger partial charge in [0.1, 0.15) is 5.75 Å². The van der Waals surface area contributed by atoms with Crippen LogP contribution in [0.5, 0.6) is 5.75 Å². The number of hydrogen-bond acceptors (Lipinski definition) is 2. The molecule has 0 unspecified atom stereocenters. The lowest BCUT2D eigenvalue weighted by molar-refractivity contribution is 0.415. The van der Waals surface area contributed by atoms with E-state index in [0.29, 0.717) is 0 Å². The zero-order chi connectivity index (χ0) is 13.2. The van der Waals surface area contributed by atoms with Crippen molar-refractivity contribution in [3.8, 4) is 16.9 Å². The topological polar surface area (TPSA) is 27.1 Å². The molecule has 0 aliphatic heterocycles. The largest absolute Gasteiger partial charge is 0.497 e. The molecule has 0 N–H and O–H groups in total. The van der Waals surface area contributed by atoms with Crippen molar-refractivity contribution in [1.82, 2.24) is 9.78 Å². The summed E-state index contributed by atoms with van der Waals surface area (Å²) < 4.78 is 7.22. The molecule has 1 aromatic heterocycles. The van der Waals surface area contributed by atoms with E-state index in [0.717, 1.165) is 28.9 Å². The average Bonchev–Trinajstić information content (AvgIpc) is 2.89. The smallest absolute Gasteiger partial charge is 0.119 e. The summed E-state index contributed by atoms with van der Waals surface area (Å²) in [6, 6.07) is 14.4. The summed E-state index contributed by atoms with van der Waals surface area (Å²) in [6.07, 6.45) is 2.07. The summed E-state index contributed by atoms with van der Waals surface area (Å²) in [5, 5.41) is 5.72. The van der Waals surface area contributed by atoms with Gasteiger partial charge >= 0.3 is 0 Å². The second-order valence-corrected chi connectivity index (χ2v) is 4.49. The van der Waals surface area contributed by atoms with Crippen LogP contribution in [0.15, 0.2) is 48.7 Å². The van der Waals surface area contributed by atoms with Gasteiger partial charge < -0.3 is 4.74 Å². The number of ether oxygens (including phenoxy) is 1. The van der Waals surface area contributed by atoms with Crippen molar-refractivity contribution in [3.05, 3.63) is 48.7 Å². The minimum absolute atomic E-state index is 0.872. The Kier molecular flexibility index (Phi) is 2.95. The number of rotatable bonds is 3. The molecular formula is C16H16N2O. The second-order valence-electron chi connectivity index (χ2n) is 4.49. The Hall–Kier alpha value is -2.29. The van der Waals surface area contributed by atoms with Crippen LogP contribution in [0.3, 0.4) is 0 Å². The van der Waals surface area contributed by atoms with Crippen LogP contribution in [0.2, 0.25) is 0 Å². The normalized spacial score (nSPS) is 10.8. The van der Waals surface area contributed by atoms with Gasteiger partial charge in [-0.1, -0.05) is 24.3 Å². The van der Waals surface area contributed by atoms with E-state index in [1.807, 2.05) is 22.9 Å². The first-order valence-electron chi connectivity index (χ1n) is 6.42. The predicted molar refractivity (Wildman–Crippen MR) is 77.4 cm³/mol. The molecule has 0 spiro atoms. The molecule has 3 aromatic rings. The van der Waals surface area contributed by atoms with E-state index in [4.69, 9.17) is 4.74 Å². The van der Waals surface area contributed by atoms with E-state index in [1.165, 1.54) is 5.39 Å². The summed E-state index contributed by atoms with van der Waals surface area (Å²) in [5.74, 6) is 0.872. The summed E-state index contributed by atoms with van der Waals surface area (Å²) in [4.78, 5) is 0. The molecule has 96 valence electrons. The molecule has 3 nitrogen and oxygen atoms in total. The number of aromatic nitrogens is 2. The Labute approximate surface area is 112 Å². The standard InChI is InChI=1S/C16H16N2O/c1-3-18-11-14-8-7-13(10-16(14)17-18)12-5-4-6-15(9-12)19-2/h4-11H,3H2,1-2H3. The second kappa shape index (κ2) is 4.76. The van der Waals surface area contributed by atoms with Gasteiger partial charge in [-0.25, -0.2) is 0 Å². The number of methoxy groups -OCH3 is 1. The van der Waals surface area contributed by atoms with Crippen molar-refractivity contribution in [3.63, 3.8) is 0 Å². The van der Waals surface area contributed by atoms with Crippen LogP contribution in [0, 0.1) is 0 Å². The van der Waals surface area contributed by atoms with Crippen LogP contribution in [-0.4, -0.2) is 16.9 Å². The van der Waals surface area contributed by atoms with Crippen LogP contribution in [-0.2, 0) is 6.54 Å². The van der Waals surface area contributed by atoms with Crippen molar-refractivity contribution in [2.24, 2.45) is 0 Å². The molecule has 1 heterocycles. The lowest BCUT2D eigenvalue weighted by atomic mass is 10.0. The third-order valence-corrected chi connectivity index (χ3v) is 3.28. The number of fused-ring (bicyclic) bond motifs is 1. The van der Waals surface area contributed by atoms with E-state index in [-0.39, 0.29) is 0 Å². The number of benzene rings is 2. The predicted octanol–water partition coefficient (Wildman–Crippen LogP) is 3.73. The van der Waals surface area contributed by atoms with Crippen LogP contribution >= 0.6 is 0 Å². The number of hydrogen-bond donors (Lipinski definition) is 0. The van der Waals surface area contributed by atoms with Crippen molar-refractivity contribution in [1.29, 1.82) is 0 Å². The maximum absolute atomic E-state index is 5.27. The molecule has 0 bridgehead atoms. The third-order valence-electron chi connectivity index (χ3n) is 3.28. The zero-order valence-electron chi connectivity index (χ0n) is 11.1. The molecule has 3 heteroatoms. The molecule has 0 fully saturated rings. The highest BCUT2D eigenvalue weighted by atomic mass is 16.5. The van der Waals surface area contributed by atoms with Gasteiger partial charge in [-0.05, 0) is 36.2 Å². The van der Waals surface area contributed by atoms with E-state index in [9.17, 15) is 0 Å². The lowest BCUT2D eigenvalue weighted by Crippen LogP contribution is -1.92. The first-order valence-corrected chi connectivity index (χ1v) is 6.42. The maximum Gasteiger partial charge on any atom is 0.119 e. The van der Waals surface area contributed by atoms with Gasteiger partial charge in [-0.2, -0.15) is 5.10 Å². The summed E-state index contributed by atoms with van der Waals surface area (Å²) >= 11 is 0. The fourth-order valence-corrected chi connectivity index (χ4v) is 2.21. The number of aryl methyl sites for hydroxylation is 1. The molecule has 19 heavy (non-hydrogen) atoms.